The third kappa shape index (κ3) is 0.856. The topological polar surface area (TPSA) is 22.0 Å². The summed E-state index contributed by atoms with van der Waals surface area (Å²) < 4.78 is 1.97. The maximum Gasteiger partial charge on any atom is 0.235 e. The molecule has 1 aromatic heterocycles. The van der Waals surface area contributed by atoms with E-state index in [0.717, 1.165) is 11.4 Å². The van der Waals surface area contributed by atoms with Crippen LogP contribution in [0.5, 0.6) is 0 Å². The molecule has 0 atom stereocenters. The summed E-state index contributed by atoms with van der Waals surface area (Å²) in [4.78, 5) is 10.3. The van der Waals surface area contributed by atoms with Crippen LogP contribution in [0.4, 0.5) is 0 Å². The van der Waals surface area contributed by atoms with E-state index in [-0.39, 0.29) is 0 Å². The third-order valence-electron chi connectivity index (χ3n) is 1.89. The first kappa shape index (κ1) is 7.06. The number of hydrogen-bond acceptors (Lipinski definition) is 1. The van der Waals surface area contributed by atoms with Crippen molar-refractivity contribution in [3.8, 4) is 0 Å². The van der Waals surface area contributed by atoms with Crippen molar-refractivity contribution in [2.75, 3.05) is 0 Å². The second kappa shape index (κ2) is 2.29. The van der Waals surface area contributed by atoms with Crippen molar-refractivity contribution in [1.82, 2.24) is 4.57 Å². The SMILES string of the molecule is Cc1cc([C]=O)c(C)n1C. The van der Waals surface area contributed by atoms with Crippen LogP contribution in [0, 0.1) is 13.8 Å². The Hall–Kier alpha value is -1.05. The van der Waals surface area contributed by atoms with Gasteiger partial charge in [0.15, 0.2) is 0 Å². The van der Waals surface area contributed by atoms with Crippen LogP contribution in [0.2, 0.25) is 0 Å². The molecular formula is C8H10NO. The summed E-state index contributed by atoms with van der Waals surface area (Å²) in [6.07, 6.45) is 1.89. The average Bonchev–Trinajstić information content (AvgIpc) is 2.17. The highest BCUT2D eigenvalue weighted by Crippen LogP contribution is 2.09. The van der Waals surface area contributed by atoms with E-state index in [0.29, 0.717) is 5.56 Å². The van der Waals surface area contributed by atoms with Crippen molar-refractivity contribution in [3.05, 3.63) is 23.0 Å². The lowest BCUT2D eigenvalue weighted by Gasteiger charge is -1.97. The Labute approximate surface area is 60.5 Å². The molecule has 0 aliphatic carbocycles. The van der Waals surface area contributed by atoms with E-state index in [2.05, 4.69) is 0 Å². The zero-order valence-electron chi connectivity index (χ0n) is 6.43. The molecule has 1 radical (unpaired) electrons. The van der Waals surface area contributed by atoms with Crippen LogP contribution in [0.1, 0.15) is 17.0 Å². The van der Waals surface area contributed by atoms with Crippen molar-refractivity contribution < 1.29 is 4.79 Å². The highest BCUT2D eigenvalue weighted by molar-refractivity contribution is 5.77. The lowest BCUT2D eigenvalue weighted by molar-refractivity contribution is 0.562. The van der Waals surface area contributed by atoms with Gasteiger partial charge in [0, 0.05) is 24.0 Å². The van der Waals surface area contributed by atoms with Crippen LogP contribution in [0.3, 0.4) is 0 Å². The summed E-state index contributed by atoms with van der Waals surface area (Å²) in [5.74, 6) is 0. The average molecular weight is 136 g/mol. The molecule has 0 saturated heterocycles. The quantitative estimate of drug-likeness (QED) is 0.566. The summed E-state index contributed by atoms with van der Waals surface area (Å²) in [6, 6.07) is 1.84. The van der Waals surface area contributed by atoms with Crippen molar-refractivity contribution in [3.63, 3.8) is 0 Å². The highest BCUT2D eigenvalue weighted by Gasteiger charge is 2.03. The first-order valence-electron chi connectivity index (χ1n) is 3.18. The van der Waals surface area contributed by atoms with E-state index in [4.69, 9.17) is 0 Å². The largest absolute Gasteiger partial charge is 0.351 e. The monoisotopic (exact) mass is 136 g/mol. The molecule has 53 valence electrons. The van der Waals surface area contributed by atoms with Crippen LogP contribution in [-0.2, 0) is 11.8 Å². The summed E-state index contributed by atoms with van der Waals surface area (Å²) in [6.45, 7) is 3.88. The van der Waals surface area contributed by atoms with Crippen molar-refractivity contribution >= 4 is 6.29 Å². The number of aryl methyl sites for hydroxylation is 1. The van der Waals surface area contributed by atoms with Crippen molar-refractivity contribution in [2.45, 2.75) is 13.8 Å². The highest BCUT2D eigenvalue weighted by atomic mass is 16.1. The molecule has 0 aliphatic rings. The minimum Gasteiger partial charge on any atom is -0.351 e. The Morgan fingerprint density at radius 1 is 1.50 bits per heavy atom. The molecule has 0 amide bonds. The Morgan fingerprint density at radius 2 is 2.10 bits per heavy atom. The molecule has 0 aliphatic heterocycles. The van der Waals surface area contributed by atoms with Gasteiger partial charge in [0.2, 0.25) is 6.29 Å². The summed E-state index contributed by atoms with van der Waals surface area (Å²) in [5, 5.41) is 0. The molecule has 0 saturated carbocycles. The van der Waals surface area contributed by atoms with Gasteiger partial charge in [-0.1, -0.05) is 0 Å². The lowest BCUT2D eigenvalue weighted by Crippen LogP contribution is -1.93. The number of rotatable bonds is 1. The summed E-state index contributed by atoms with van der Waals surface area (Å²) >= 11 is 0. The smallest absolute Gasteiger partial charge is 0.235 e. The summed E-state index contributed by atoms with van der Waals surface area (Å²) in [5.41, 5.74) is 2.74. The van der Waals surface area contributed by atoms with Crippen molar-refractivity contribution in [1.29, 1.82) is 0 Å². The lowest BCUT2D eigenvalue weighted by atomic mass is 10.3. The first-order chi connectivity index (χ1) is 4.66. The molecular weight excluding hydrogens is 126 g/mol. The zero-order valence-corrected chi connectivity index (χ0v) is 6.43. The summed E-state index contributed by atoms with van der Waals surface area (Å²) in [7, 11) is 1.94. The zero-order chi connectivity index (χ0) is 7.72. The van der Waals surface area contributed by atoms with Crippen LogP contribution in [-0.4, -0.2) is 10.9 Å². The van der Waals surface area contributed by atoms with E-state index in [1.54, 1.807) is 0 Å². The van der Waals surface area contributed by atoms with Gasteiger partial charge in [0.1, 0.15) is 0 Å². The van der Waals surface area contributed by atoms with Gasteiger partial charge in [0.25, 0.3) is 0 Å². The molecule has 2 heteroatoms. The van der Waals surface area contributed by atoms with Gasteiger partial charge in [-0.15, -0.1) is 0 Å². The van der Waals surface area contributed by atoms with Crippen LogP contribution < -0.4 is 0 Å². The second-order valence-electron chi connectivity index (χ2n) is 2.45. The number of nitrogens with zero attached hydrogens (tertiary/aromatic N) is 1. The van der Waals surface area contributed by atoms with Crippen molar-refractivity contribution in [2.24, 2.45) is 7.05 Å². The van der Waals surface area contributed by atoms with Gasteiger partial charge in [-0.3, -0.25) is 4.79 Å². The molecule has 1 heterocycles. The van der Waals surface area contributed by atoms with E-state index >= 15 is 0 Å². The van der Waals surface area contributed by atoms with Gasteiger partial charge < -0.3 is 4.57 Å². The van der Waals surface area contributed by atoms with E-state index in [1.807, 2.05) is 37.8 Å². The maximum absolute atomic E-state index is 10.3. The Kier molecular flexibility index (Phi) is 1.62. The standard InChI is InChI=1S/C8H10NO/c1-6-4-8(5-10)7(2)9(6)3/h4H,1-3H3. The van der Waals surface area contributed by atoms with E-state index in [1.165, 1.54) is 0 Å². The van der Waals surface area contributed by atoms with Crippen LogP contribution in [0.25, 0.3) is 0 Å². The van der Waals surface area contributed by atoms with E-state index in [9.17, 15) is 4.79 Å². The van der Waals surface area contributed by atoms with Gasteiger partial charge in [-0.2, -0.15) is 0 Å². The Morgan fingerprint density at radius 3 is 2.30 bits per heavy atom. The van der Waals surface area contributed by atoms with Crippen LogP contribution >= 0.6 is 0 Å². The first-order valence-corrected chi connectivity index (χ1v) is 3.18. The predicted molar refractivity (Wildman–Crippen MR) is 39.7 cm³/mol. The second-order valence-corrected chi connectivity index (χ2v) is 2.45. The number of hydrogen-bond donors (Lipinski definition) is 0. The third-order valence-corrected chi connectivity index (χ3v) is 1.89. The van der Waals surface area contributed by atoms with Gasteiger partial charge in [-0.25, -0.2) is 0 Å². The molecule has 0 aromatic carbocycles. The van der Waals surface area contributed by atoms with E-state index < -0.39 is 0 Å². The molecule has 0 N–H and O–H groups in total. The Bertz CT molecular complexity index is 260. The minimum atomic E-state index is 0.667. The molecule has 2 nitrogen and oxygen atoms in total. The molecule has 10 heavy (non-hydrogen) atoms. The minimum absolute atomic E-state index is 0.667. The molecule has 0 unspecified atom stereocenters. The molecule has 0 bridgehead atoms. The number of aromatic nitrogens is 1. The maximum atomic E-state index is 10.3. The van der Waals surface area contributed by atoms with Gasteiger partial charge in [-0.05, 0) is 19.9 Å². The predicted octanol–water partition coefficient (Wildman–Crippen LogP) is 1.10. The fourth-order valence-corrected chi connectivity index (χ4v) is 0.959. The molecule has 0 fully saturated rings. The fraction of sp³-hybridized carbons (Fsp3) is 0.375. The van der Waals surface area contributed by atoms with Gasteiger partial charge in [0.05, 0.1) is 0 Å². The molecule has 0 spiro atoms. The molecule has 1 rings (SSSR count). The Balaban J connectivity index is 3.30. The normalized spacial score (nSPS) is 9.90. The molecule has 1 aromatic rings. The van der Waals surface area contributed by atoms with Crippen LogP contribution in [0.15, 0.2) is 6.07 Å². The van der Waals surface area contributed by atoms with Gasteiger partial charge >= 0.3 is 0 Å². The fourth-order valence-electron chi connectivity index (χ4n) is 0.959. The number of carbonyl (C=O) groups excluding carboxylic acids is 1.